The van der Waals surface area contributed by atoms with Crippen LogP contribution >= 0.6 is 11.8 Å². The fourth-order valence-electron chi connectivity index (χ4n) is 2.53. The van der Waals surface area contributed by atoms with Crippen LogP contribution in [0.2, 0.25) is 0 Å². The molecule has 1 aromatic rings. The first-order valence-electron chi connectivity index (χ1n) is 6.34. The number of nitrogens with two attached hydrogens (primary N) is 1. The second-order valence-electron chi connectivity index (χ2n) is 4.88. The summed E-state index contributed by atoms with van der Waals surface area (Å²) in [5, 5.41) is 0.835. The molecule has 1 aliphatic rings. The highest BCUT2D eigenvalue weighted by atomic mass is 32.2. The van der Waals surface area contributed by atoms with Crippen molar-refractivity contribution in [3.63, 3.8) is 0 Å². The maximum absolute atomic E-state index is 5.93. The second kappa shape index (κ2) is 5.67. The van der Waals surface area contributed by atoms with E-state index in [4.69, 9.17) is 5.73 Å². The highest BCUT2D eigenvalue weighted by Crippen LogP contribution is 2.26. The van der Waals surface area contributed by atoms with Crippen LogP contribution in [0.4, 0.5) is 11.4 Å². The summed E-state index contributed by atoms with van der Waals surface area (Å²) in [7, 11) is 0. The molecule has 2 rings (SSSR count). The molecule has 0 aromatic heterocycles. The highest BCUT2D eigenvalue weighted by molar-refractivity contribution is 7.99. The third kappa shape index (κ3) is 3.32. The van der Waals surface area contributed by atoms with Crippen molar-refractivity contribution in [1.82, 2.24) is 0 Å². The van der Waals surface area contributed by atoms with E-state index in [1.165, 1.54) is 37.1 Å². The molecule has 2 N–H and O–H groups in total. The van der Waals surface area contributed by atoms with Gasteiger partial charge in [0.15, 0.2) is 0 Å². The number of hydrogen-bond donors (Lipinski definition) is 1. The van der Waals surface area contributed by atoms with E-state index < -0.39 is 0 Å². The Labute approximate surface area is 109 Å². The van der Waals surface area contributed by atoms with Gasteiger partial charge in [0.25, 0.3) is 0 Å². The van der Waals surface area contributed by atoms with Crippen molar-refractivity contribution in [3.05, 3.63) is 23.8 Å². The molecule has 0 bridgehead atoms. The van der Waals surface area contributed by atoms with Gasteiger partial charge in [0.1, 0.15) is 0 Å². The van der Waals surface area contributed by atoms with Crippen LogP contribution in [0.15, 0.2) is 18.2 Å². The lowest BCUT2D eigenvalue weighted by atomic mass is 10.2. The molecule has 0 amide bonds. The number of nitrogens with zero attached hydrogens (tertiary/aromatic N) is 1. The minimum absolute atomic E-state index is 0.835. The van der Waals surface area contributed by atoms with E-state index in [1.807, 2.05) is 17.8 Å². The van der Waals surface area contributed by atoms with E-state index >= 15 is 0 Å². The lowest BCUT2D eigenvalue weighted by Gasteiger charge is -2.23. The van der Waals surface area contributed by atoms with Crippen molar-refractivity contribution >= 4 is 23.1 Å². The summed E-state index contributed by atoms with van der Waals surface area (Å²) in [6, 6.07) is 6.38. The highest BCUT2D eigenvalue weighted by Gasteiger charge is 2.16. The Balaban J connectivity index is 2.11. The van der Waals surface area contributed by atoms with E-state index in [0.717, 1.165) is 17.5 Å². The number of nitrogen functional groups attached to an aromatic ring is 1. The fourth-order valence-corrected chi connectivity index (χ4v) is 3.28. The zero-order valence-electron chi connectivity index (χ0n) is 10.8. The molecule has 1 heterocycles. The molecule has 0 spiro atoms. The number of thioether (sulfide) groups is 1. The molecule has 1 saturated heterocycles. The Hall–Kier alpha value is -0.830. The van der Waals surface area contributed by atoms with Crippen LogP contribution in [0, 0.1) is 6.92 Å². The lowest BCUT2D eigenvalue weighted by Crippen LogP contribution is -2.24. The van der Waals surface area contributed by atoms with Crippen molar-refractivity contribution in [1.29, 1.82) is 0 Å². The van der Waals surface area contributed by atoms with Gasteiger partial charge < -0.3 is 10.6 Å². The summed E-state index contributed by atoms with van der Waals surface area (Å²) in [5.74, 6) is 0. The molecule has 3 heteroatoms. The van der Waals surface area contributed by atoms with E-state index in [0.29, 0.717) is 0 Å². The van der Waals surface area contributed by atoms with E-state index in [9.17, 15) is 0 Å². The molecule has 1 fully saturated rings. The fraction of sp³-hybridized carbons (Fsp3) is 0.571. The molecule has 0 aliphatic carbocycles. The third-order valence-electron chi connectivity index (χ3n) is 3.46. The van der Waals surface area contributed by atoms with Crippen LogP contribution < -0.4 is 10.6 Å². The number of anilines is 2. The quantitative estimate of drug-likeness (QED) is 0.817. The number of aryl methyl sites for hydroxylation is 1. The summed E-state index contributed by atoms with van der Waals surface area (Å²) < 4.78 is 0. The standard InChI is InChI=1S/C14H22N2S/c1-11-8-12(15)10-13(9-11)16-6-3-4-14(17-2)5-7-16/h8-10,14H,3-7,15H2,1-2H3. The maximum atomic E-state index is 5.93. The molecule has 1 atom stereocenters. The Bertz CT molecular complexity index is 358. The Morgan fingerprint density at radius 3 is 2.76 bits per heavy atom. The van der Waals surface area contributed by atoms with Gasteiger partial charge in [-0.1, -0.05) is 0 Å². The second-order valence-corrected chi connectivity index (χ2v) is 6.02. The molecule has 1 unspecified atom stereocenters. The zero-order chi connectivity index (χ0) is 12.3. The molecule has 1 aromatic carbocycles. The smallest absolute Gasteiger partial charge is 0.0389 e. The average Bonchev–Trinajstić information content (AvgIpc) is 2.52. The molecule has 1 aliphatic heterocycles. The van der Waals surface area contributed by atoms with E-state index in [2.05, 4.69) is 30.2 Å². The van der Waals surface area contributed by atoms with Crippen LogP contribution in [0.1, 0.15) is 24.8 Å². The van der Waals surface area contributed by atoms with Crippen molar-refractivity contribution < 1.29 is 0 Å². The van der Waals surface area contributed by atoms with Gasteiger partial charge in [-0.05, 0) is 56.2 Å². The van der Waals surface area contributed by atoms with E-state index in [1.54, 1.807) is 0 Å². The predicted molar refractivity (Wildman–Crippen MR) is 79.0 cm³/mol. The van der Waals surface area contributed by atoms with Gasteiger partial charge in [-0.2, -0.15) is 11.8 Å². The van der Waals surface area contributed by atoms with E-state index in [-0.39, 0.29) is 0 Å². The molecule has 17 heavy (non-hydrogen) atoms. The van der Waals surface area contributed by atoms with Crippen molar-refractivity contribution in [2.45, 2.75) is 31.4 Å². The Morgan fingerprint density at radius 1 is 1.24 bits per heavy atom. The summed E-state index contributed by atoms with van der Waals surface area (Å²) in [6.45, 7) is 4.44. The first-order valence-corrected chi connectivity index (χ1v) is 7.63. The average molecular weight is 250 g/mol. The van der Waals surface area contributed by atoms with Gasteiger partial charge in [0.05, 0.1) is 0 Å². The lowest BCUT2D eigenvalue weighted by molar-refractivity contribution is 0.745. The van der Waals surface area contributed by atoms with Crippen molar-refractivity contribution in [3.8, 4) is 0 Å². The summed E-state index contributed by atoms with van der Waals surface area (Å²) in [5.41, 5.74) is 9.36. The molecule has 0 saturated carbocycles. The minimum atomic E-state index is 0.835. The van der Waals surface area contributed by atoms with Gasteiger partial charge in [-0.3, -0.25) is 0 Å². The normalized spacial score (nSPS) is 21.3. The maximum Gasteiger partial charge on any atom is 0.0389 e. The number of hydrogen-bond acceptors (Lipinski definition) is 3. The first-order chi connectivity index (χ1) is 8.19. The van der Waals surface area contributed by atoms with Crippen LogP contribution in [0.25, 0.3) is 0 Å². The van der Waals surface area contributed by atoms with Crippen molar-refractivity contribution in [2.24, 2.45) is 0 Å². The topological polar surface area (TPSA) is 29.3 Å². The van der Waals surface area contributed by atoms with Gasteiger partial charge in [0.2, 0.25) is 0 Å². The van der Waals surface area contributed by atoms with Crippen LogP contribution in [0.5, 0.6) is 0 Å². The van der Waals surface area contributed by atoms with Gasteiger partial charge >= 0.3 is 0 Å². The predicted octanol–water partition coefficient (Wildman–Crippen LogP) is 3.30. The Kier molecular flexibility index (Phi) is 4.21. The van der Waals surface area contributed by atoms with Gasteiger partial charge in [0, 0.05) is 29.7 Å². The molecule has 94 valence electrons. The molecule has 0 radical (unpaired) electrons. The monoisotopic (exact) mass is 250 g/mol. The van der Waals surface area contributed by atoms with Crippen LogP contribution in [-0.2, 0) is 0 Å². The van der Waals surface area contributed by atoms with Gasteiger partial charge in [-0.15, -0.1) is 0 Å². The number of benzene rings is 1. The Morgan fingerprint density at radius 2 is 2.06 bits per heavy atom. The third-order valence-corrected chi connectivity index (χ3v) is 4.60. The van der Waals surface area contributed by atoms with Gasteiger partial charge in [-0.25, -0.2) is 0 Å². The summed E-state index contributed by atoms with van der Waals surface area (Å²) in [6.07, 6.45) is 6.15. The SMILES string of the molecule is CSC1CCCN(c2cc(C)cc(N)c2)CC1. The molecular weight excluding hydrogens is 228 g/mol. The zero-order valence-corrected chi connectivity index (χ0v) is 11.6. The molecule has 2 nitrogen and oxygen atoms in total. The minimum Gasteiger partial charge on any atom is -0.399 e. The van der Waals surface area contributed by atoms with Crippen LogP contribution in [-0.4, -0.2) is 24.6 Å². The first kappa shape index (κ1) is 12.6. The van der Waals surface area contributed by atoms with Crippen LogP contribution in [0.3, 0.4) is 0 Å². The summed E-state index contributed by atoms with van der Waals surface area (Å²) in [4.78, 5) is 2.49. The van der Waals surface area contributed by atoms with Crippen molar-refractivity contribution in [2.75, 3.05) is 30.0 Å². The largest absolute Gasteiger partial charge is 0.399 e. The number of rotatable bonds is 2. The summed E-state index contributed by atoms with van der Waals surface area (Å²) >= 11 is 2.01. The molecular formula is C14H22N2S.